The molecule has 0 heterocycles. The van der Waals surface area contributed by atoms with Gasteiger partial charge in [0, 0.05) is 6.54 Å². The number of nitrogens with two attached hydrogens (primary N) is 1. The molecule has 2 heteroatoms. The quantitative estimate of drug-likeness (QED) is 0.486. The van der Waals surface area contributed by atoms with Gasteiger partial charge >= 0.3 is 0 Å². The Labute approximate surface area is 128 Å². The molecular weight excluding hydrogens is 244 g/mol. The predicted octanol–water partition coefficient (Wildman–Crippen LogP) is 4.58. The highest BCUT2D eigenvalue weighted by Gasteiger charge is 2.16. The molecule has 0 saturated carbocycles. The van der Waals surface area contributed by atoms with E-state index in [1.54, 1.807) is 0 Å². The lowest BCUT2D eigenvalue weighted by molar-refractivity contribution is 0.292. The molecule has 0 aliphatic carbocycles. The van der Waals surface area contributed by atoms with E-state index in [1.165, 1.54) is 44.9 Å². The van der Waals surface area contributed by atoms with Crippen molar-refractivity contribution < 1.29 is 0 Å². The van der Waals surface area contributed by atoms with E-state index in [9.17, 15) is 0 Å². The van der Waals surface area contributed by atoms with E-state index in [1.807, 2.05) is 0 Å². The summed E-state index contributed by atoms with van der Waals surface area (Å²) < 4.78 is 0. The molecule has 3 N–H and O–H groups in total. The molecule has 0 aliphatic heterocycles. The summed E-state index contributed by atoms with van der Waals surface area (Å²) in [7, 11) is 0. The first-order valence-electron chi connectivity index (χ1n) is 8.83. The average Bonchev–Trinajstić information content (AvgIpc) is 2.37. The maximum atomic E-state index is 5.70. The highest BCUT2D eigenvalue weighted by atomic mass is 14.9. The van der Waals surface area contributed by atoms with Gasteiger partial charge in [0.25, 0.3) is 0 Å². The molecule has 0 saturated heterocycles. The molecule has 0 aromatic rings. The molecule has 0 aromatic carbocycles. The zero-order valence-electron chi connectivity index (χ0n) is 14.8. The summed E-state index contributed by atoms with van der Waals surface area (Å²) in [5.74, 6) is 1.57. The minimum absolute atomic E-state index is 0.448. The molecule has 2 nitrogen and oxygen atoms in total. The first kappa shape index (κ1) is 19.9. The Morgan fingerprint density at radius 3 is 2.30 bits per heavy atom. The Morgan fingerprint density at radius 1 is 1.05 bits per heavy atom. The van der Waals surface area contributed by atoms with Crippen molar-refractivity contribution in [2.45, 2.75) is 79.6 Å². The van der Waals surface area contributed by atoms with E-state index in [-0.39, 0.29) is 0 Å². The molecule has 20 heavy (non-hydrogen) atoms. The van der Waals surface area contributed by atoms with Crippen LogP contribution in [0.2, 0.25) is 0 Å². The zero-order valence-corrected chi connectivity index (χ0v) is 14.8. The maximum absolute atomic E-state index is 5.70. The van der Waals surface area contributed by atoms with E-state index < -0.39 is 0 Å². The van der Waals surface area contributed by atoms with E-state index in [2.05, 4.69) is 39.9 Å². The van der Waals surface area contributed by atoms with Crippen molar-refractivity contribution in [2.75, 3.05) is 19.6 Å². The van der Waals surface area contributed by atoms with Crippen LogP contribution in [0.1, 0.15) is 79.6 Å². The van der Waals surface area contributed by atoms with Crippen LogP contribution in [0.3, 0.4) is 0 Å². The fourth-order valence-corrected chi connectivity index (χ4v) is 2.88. The monoisotopic (exact) mass is 284 g/mol. The minimum atomic E-state index is 0.448. The summed E-state index contributed by atoms with van der Waals surface area (Å²) in [6.45, 7) is 14.8. The molecule has 0 bridgehead atoms. The molecule has 1 unspecified atom stereocenters. The Morgan fingerprint density at radius 2 is 1.75 bits per heavy atom. The van der Waals surface area contributed by atoms with Crippen molar-refractivity contribution in [1.82, 2.24) is 5.32 Å². The Balaban J connectivity index is 3.68. The van der Waals surface area contributed by atoms with Gasteiger partial charge in [-0.2, -0.15) is 0 Å². The van der Waals surface area contributed by atoms with Crippen LogP contribution >= 0.6 is 0 Å². The van der Waals surface area contributed by atoms with Gasteiger partial charge in [0.15, 0.2) is 0 Å². The third kappa shape index (κ3) is 10.7. The minimum Gasteiger partial charge on any atom is -0.330 e. The van der Waals surface area contributed by atoms with Crippen LogP contribution in [0.4, 0.5) is 0 Å². The first-order valence-corrected chi connectivity index (χ1v) is 8.83. The molecule has 0 aliphatic rings. The molecule has 0 fully saturated rings. The third-order valence-electron chi connectivity index (χ3n) is 4.47. The lowest BCUT2D eigenvalue weighted by Crippen LogP contribution is -2.30. The lowest BCUT2D eigenvalue weighted by Gasteiger charge is -2.25. The van der Waals surface area contributed by atoms with Gasteiger partial charge in [-0.3, -0.25) is 0 Å². The largest absolute Gasteiger partial charge is 0.330 e. The second kappa shape index (κ2) is 11.6. The molecule has 122 valence electrons. The SMILES string of the molecule is CCCCCC(C)(C)CNCCCC(CCN)C(C)C. The van der Waals surface area contributed by atoms with Crippen molar-refractivity contribution in [3.05, 3.63) is 0 Å². The number of hydrogen-bond donors (Lipinski definition) is 2. The highest BCUT2D eigenvalue weighted by Crippen LogP contribution is 2.23. The first-order chi connectivity index (χ1) is 9.43. The zero-order chi connectivity index (χ0) is 15.4. The Kier molecular flexibility index (Phi) is 11.5. The van der Waals surface area contributed by atoms with Crippen molar-refractivity contribution in [1.29, 1.82) is 0 Å². The molecule has 0 rings (SSSR count). The summed E-state index contributed by atoms with van der Waals surface area (Å²) in [6, 6.07) is 0. The number of unbranched alkanes of at least 4 members (excludes halogenated alkanes) is 2. The number of nitrogens with one attached hydrogen (secondary N) is 1. The third-order valence-corrected chi connectivity index (χ3v) is 4.47. The second-order valence-electron chi connectivity index (χ2n) is 7.52. The van der Waals surface area contributed by atoms with Gasteiger partial charge in [-0.05, 0) is 56.0 Å². The van der Waals surface area contributed by atoms with E-state index in [4.69, 9.17) is 5.73 Å². The van der Waals surface area contributed by atoms with E-state index in [0.717, 1.165) is 31.5 Å². The topological polar surface area (TPSA) is 38.0 Å². The highest BCUT2D eigenvalue weighted by molar-refractivity contribution is 4.72. The summed E-state index contributed by atoms with van der Waals surface area (Å²) >= 11 is 0. The lowest BCUT2D eigenvalue weighted by atomic mass is 9.86. The Bertz CT molecular complexity index is 211. The fourth-order valence-electron chi connectivity index (χ4n) is 2.88. The van der Waals surface area contributed by atoms with Gasteiger partial charge in [-0.25, -0.2) is 0 Å². The predicted molar refractivity (Wildman–Crippen MR) is 92.0 cm³/mol. The summed E-state index contributed by atoms with van der Waals surface area (Å²) in [5.41, 5.74) is 6.15. The standard InChI is InChI=1S/C18H40N2/c1-6-7-8-12-18(4,5)15-20-14-9-10-17(11-13-19)16(2)3/h16-17,20H,6-15,19H2,1-5H3. The second-order valence-corrected chi connectivity index (χ2v) is 7.52. The van der Waals surface area contributed by atoms with Crippen LogP contribution in [-0.2, 0) is 0 Å². The molecule has 0 radical (unpaired) electrons. The van der Waals surface area contributed by atoms with Crippen molar-refractivity contribution in [3.63, 3.8) is 0 Å². The summed E-state index contributed by atoms with van der Waals surface area (Å²) in [6.07, 6.45) is 9.19. The van der Waals surface area contributed by atoms with Crippen LogP contribution in [0.25, 0.3) is 0 Å². The van der Waals surface area contributed by atoms with Gasteiger partial charge < -0.3 is 11.1 Å². The van der Waals surface area contributed by atoms with Crippen LogP contribution in [-0.4, -0.2) is 19.6 Å². The average molecular weight is 285 g/mol. The van der Waals surface area contributed by atoms with E-state index in [0.29, 0.717) is 5.41 Å². The molecule has 0 aromatic heterocycles. The summed E-state index contributed by atoms with van der Waals surface area (Å²) in [5, 5.41) is 3.66. The van der Waals surface area contributed by atoms with Gasteiger partial charge in [-0.15, -0.1) is 0 Å². The van der Waals surface area contributed by atoms with Crippen molar-refractivity contribution in [2.24, 2.45) is 23.0 Å². The van der Waals surface area contributed by atoms with Gasteiger partial charge in [0.1, 0.15) is 0 Å². The van der Waals surface area contributed by atoms with Gasteiger partial charge in [0.05, 0.1) is 0 Å². The normalized spacial score (nSPS) is 13.9. The van der Waals surface area contributed by atoms with Crippen LogP contribution in [0.5, 0.6) is 0 Å². The number of rotatable bonds is 13. The smallest absolute Gasteiger partial charge is 0.000252 e. The van der Waals surface area contributed by atoms with Crippen LogP contribution < -0.4 is 11.1 Å². The molecule has 0 amide bonds. The Hall–Kier alpha value is -0.0800. The molecule has 0 spiro atoms. The van der Waals surface area contributed by atoms with Gasteiger partial charge in [0.2, 0.25) is 0 Å². The van der Waals surface area contributed by atoms with Crippen LogP contribution in [0.15, 0.2) is 0 Å². The van der Waals surface area contributed by atoms with Gasteiger partial charge in [-0.1, -0.05) is 53.9 Å². The van der Waals surface area contributed by atoms with E-state index >= 15 is 0 Å². The molecule has 1 atom stereocenters. The maximum Gasteiger partial charge on any atom is 0.000252 e. The van der Waals surface area contributed by atoms with Crippen molar-refractivity contribution >= 4 is 0 Å². The molecular formula is C18H40N2. The fraction of sp³-hybridized carbons (Fsp3) is 1.00. The number of hydrogen-bond acceptors (Lipinski definition) is 2. The van der Waals surface area contributed by atoms with Crippen LogP contribution in [0, 0.1) is 17.3 Å². The van der Waals surface area contributed by atoms with Crippen molar-refractivity contribution in [3.8, 4) is 0 Å². The summed E-state index contributed by atoms with van der Waals surface area (Å²) in [4.78, 5) is 0.